The normalized spacial score (nSPS) is 20.7. The highest BCUT2D eigenvalue weighted by Crippen LogP contribution is 1.97. The van der Waals surface area contributed by atoms with Crippen molar-refractivity contribution in [1.82, 2.24) is 20.4 Å². The molecule has 16 heavy (non-hydrogen) atoms. The Balaban J connectivity index is 2.09. The second kappa shape index (κ2) is 6.83. The van der Waals surface area contributed by atoms with Crippen molar-refractivity contribution in [3.63, 3.8) is 0 Å². The molecular formula is C11H24N4O. The lowest BCUT2D eigenvalue weighted by atomic mass is 10.3. The van der Waals surface area contributed by atoms with Gasteiger partial charge in [-0.2, -0.15) is 0 Å². The van der Waals surface area contributed by atoms with E-state index in [-0.39, 0.29) is 11.9 Å². The molecular weight excluding hydrogens is 204 g/mol. The maximum atomic E-state index is 11.5. The lowest BCUT2D eigenvalue weighted by molar-refractivity contribution is -0.122. The fourth-order valence-electron chi connectivity index (χ4n) is 1.69. The summed E-state index contributed by atoms with van der Waals surface area (Å²) in [7, 11) is 3.94. The van der Waals surface area contributed by atoms with Gasteiger partial charge < -0.3 is 15.5 Å². The Labute approximate surface area is 98.2 Å². The summed E-state index contributed by atoms with van der Waals surface area (Å²) >= 11 is 0. The van der Waals surface area contributed by atoms with Crippen molar-refractivity contribution in [3.8, 4) is 0 Å². The fourth-order valence-corrected chi connectivity index (χ4v) is 1.69. The molecule has 2 N–H and O–H groups in total. The van der Waals surface area contributed by atoms with Gasteiger partial charge in [-0.15, -0.1) is 0 Å². The number of piperazine rings is 1. The van der Waals surface area contributed by atoms with Gasteiger partial charge >= 0.3 is 0 Å². The summed E-state index contributed by atoms with van der Waals surface area (Å²) < 4.78 is 0. The lowest BCUT2D eigenvalue weighted by Crippen LogP contribution is -2.48. The molecule has 0 aromatic rings. The third-order valence-electron chi connectivity index (χ3n) is 3.15. The number of carbonyl (C=O) groups is 1. The smallest absolute Gasteiger partial charge is 0.236 e. The van der Waals surface area contributed by atoms with Crippen molar-refractivity contribution in [1.29, 1.82) is 0 Å². The van der Waals surface area contributed by atoms with Gasteiger partial charge in [-0.05, 0) is 21.0 Å². The van der Waals surface area contributed by atoms with E-state index in [0.29, 0.717) is 0 Å². The van der Waals surface area contributed by atoms with E-state index in [1.54, 1.807) is 7.05 Å². The zero-order valence-corrected chi connectivity index (χ0v) is 10.6. The van der Waals surface area contributed by atoms with Crippen LogP contribution in [0.1, 0.15) is 6.92 Å². The number of nitrogens with zero attached hydrogens (tertiary/aromatic N) is 2. The Kier molecular flexibility index (Phi) is 5.73. The van der Waals surface area contributed by atoms with E-state index in [9.17, 15) is 4.79 Å². The summed E-state index contributed by atoms with van der Waals surface area (Å²) in [6, 6.07) is -0.104. The predicted molar refractivity (Wildman–Crippen MR) is 65.5 cm³/mol. The molecule has 0 aromatic heterocycles. The van der Waals surface area contributed by atoms with Crippen LogP contribution in [0.3, 0.4) is 0 Å². The molecule has 1 unspecified atom stereocenters. The standard InChI is InChI=1S/C11H24N4O/c1-10(12-2)11(16)13-4-5-15-8-6-14(3)7-9-15/h10,12H,4-9H2,1-3H3,(H,13,16). The van der Waals surface area contributed by atoms with Crippen LogP contribution in [-0.4, -0.2) is 75.1 Å². The van der Waals surface area contributed by atoms with Crippen molar-refractivity contribution in [3.05, 3.63) is 0 Å². The van der Waals surface area contributed by atoms with Crippen LogP contribution in [0, 0.1) is 0 Å². The monoisotopic (exact) mass is 228 g/mol. The molecule has 1 aliphatic heterocycles. The molecule has 1 fully saturated rings. The molecule has 1 aliphatic rings. The zero-order valence-electron chi connectivity index (χ0n) is 10.6. The zero-order chi connectivity index (χ0) is 12.0. The van der Waals surface area contributed by atoms with Crippen LogP contribution >= 0.6 is 0 Å². The number of rotatable bonds is 5. The number of likely N-dealkylation sites (N-methyl/N-ethyl adjacent to an activating group) is 2. The van der Waals surface area contributed by atoms with Crippen LogP contribution in [0.25, 0.3) is 0 Å². The summed E-state index contributed by atoms with van der Waals surface area (Å²) in [6.07, 6.45) is 0. The van der Waals surface area contributed by atoms with Crippen LogP contribution < -0.4 is 10.6 Å². The highest BCUT2D eigenvalue weighted by Gasteiger charge is 2.14. The van der Waals surface area contributed by atoms with Crippen molar-refractivity contribution in [2.45, 2.75) is 13.0 Å². The predicted octanol–water partition coefficient (Wildman–Crippen LogP) is -1.04. The molecule has 0 bridgehead atoms. The van der Waals surface area contributed by atoms with Crippen LogP contribution in [-0.2, 0) is 4.79 Å². The Hall–Kier alpha value is -0.650. The highest BCUT2D eigenvalue weighted by molar-refractivity contribution is 5.81. The minimum Gasteiger partial charge on any atom is -0.353 e. The molecule has 1 saturated heterocycles. The number of hydrogen-bond donors (Lipinski definition) is 2. The lowest BCUT2D eigenvalue weighted by Gasteiger charge is -2.32. The minimum atomic E-state index is -0.104. The first kappa shape index (κ1) is 13.4. The molecule has 0 radical (unpaired) electrons. The second-order valence-corrected chi connectivity index (χ2v) is 4.45. The van der Waals surface area contributed by atoms with Gasteiger partial charge in [0.05, 0.1) is 6.04 Å². The molecule has 1 heterocycles. The summed E-state index contributed by atoms with van der Waals surface area (Å²) in [6.45, 7) is 8.03. The van der Waals surface area contributed by atoms with Gasteiger partial charge in [0.25, 0.3) is 0 Å². The average molecular weight is 228 g/mol. The molecule has 5 heteroatoms. The van der Waals surface area contributed by atoms with Gasteiger partial charge in [-0.3, -0.25) is 9.69 Å². The van der Waals surface area contributed by atoms with Gasteiger partial charge in [-0.25, -0.2) is 0 Å². The molecule has 0 saturated carbocycles. The third-order valence-corrected chi connectivity index (χ3v) is 3.15. The summed E-state index contributed by atoms with van der Waals surface area (Å²) in [4.78, 5) is 16.2. The number of amides is 1. The van der Waals surface area contributed by atoms with E-state index in [0.717, 1.165) is 39.3 Å². The molecule has 94 valence electrons. The molecule has 1 atom stereocenters. The van der Waals surface area contributed by atoms with Crippen molar-refractivity contribution in [2.24, 2.45) is 0 Å². The molecule has 0 aliphatic carbocycles. The Morgan fingerprint density at radius 2 is 1.94 bits per heavy atom. The number of hydrogen-bond acceptors (Lipinski definition) is 4. The van der Waals surface area contributed by atoms with E-state index < -0.39 is 0 Å². The number of nitrogens with one attached hydrogen (secondary N) is 2. The van der Waals surface area contributed by atoms with Crippen LogP contribution in [0.2, 0.25) is 0 Å². The molecule has 0 aromatic carbocycles. The van der Waals surface area contributed by atoms with Crippen molar-refractivity contribution < 1.29 is 4.79 Å². The molecule has 0 spiro atoms. The molecule has 1 amide bonds. The van der Waals surface area contributed by atoms with E-state index in [4.69, 9.17) is 0 Å². The topological polar surface area (TPSA) is 47.6 Å². The minimum absolute atomic E-state index is 0.0802. The molecule has 5 nitrogen and oxygen atoms in total. The Bertz CT molecular complexity index is 214. The quantitative estimate of drug-likeness (QED) is 0.631. The summed E-state index contributed by atoms with van der Waals surface area (Å²) in [5.74, 6) is 0.0802. The first-order valence-corrected chi connectivity index (χ1v) is 5.99. The summed E-state index contributed by atoms with van der Waals surface area (Å²) in [5, 5.41) is 5.86. The van der Waals surface area contributed by atoms with E-state index in [1.165, 1.54) is 0 Å². The van der Waals surface area contributed by atoms with Gasteiger partial charge in [0.1, 0.15) is 0 Å². The van der Waals surface area contributed by atoms with Crippen LogP contribution in [0.15, 0.2) is 0 Å². The third kappa shape index (κ3) is 4.47. The average Bonchev–Trinajstić information content (AvgIpc) is 2.30. The first-order chi connectivity index (χ1) is 7.63. The summed E-state index contributed by atoms with van der Waals surface area (Å²) in [5.41, 5.74) is 0. The van der Waals surface area contributed by atoms with Crippen LogP contribution in [0.4, 0.5) is 0 Å². The largest absolute Gasteiger partial charge is 0.353 e. The van der Waals surface area contributed by atoms with Gasteiger partial charge in [-0.1, -0.05) is 0 Å². The maximum absolute atomic E-state index is 11.5. The van der Waals surface area contributed by atoms with Gasteiger partial charge in [0, 0.05) is 39.3 Å². The number of carbonyl (C=O) groups excluding carboxylic acids is 1. The fraction of sp³-hybridized carbons (Fsp3) is 0.909. The van der Waals surface area contributed by atoms with Crippen molar-refractivity contribution in [2.75, 3.05) is 53.4 Å². The highest BCUT2D eigenvalue weighted by atomic mass is 16.2. The van der Waals surface area contributed by atoms with Crippen molar-refractivity contribution >= 4 is 5.91 Å². The Morgan fingerprint density at radius 3 is 2.50 bits per heavy atom. The van der Waals surface area contributed by atoms with Crippen LogP contribution in [0.5, 0.6) is 0 Å². The maximum Gasteiger partial charge on any atom is 0.236 e. The SMILES string of the molecule is CNC(C)C(=O)NCCN1CCN(C)CC1. The van der Waals surface area contributed by atoms with Gasteiger partial charge in [0.15, 0.2) is 0 Å². The first-order valence-electron chi connectivity index (χ1n) is 5.99. The van der Waals surface area contributed by atoms with Gasteiger partial charge in [0.2, 0.25) is 5.91 Å². The molecule has 1 rings (SSSR count). The van der Waals surface area contributed by atoms with E-state index >= 15 is 0 Å². The van der Waals surface area contributed by atoms with E-state index in [2.05, 4.69) is 27.5 Å². The van der Waals surface area contributed by atoms with E-state index in [1.807, 2.05) is 6.92 Å². The Morgan fingerprint density at radius 1 is 1.31 bits per heavy atom. The second-order valence-electron chi connectivity index (χ2n) is 4.45.